The Balaban J connectivity index is 1.33. The number of rotatable bonds is 4. The lowest BCUT2D eigenvalue weighted by atomic mass is 9.78. The molecule has 1 aromatic rings. The summed E-state index contributed by atoms with van der Waals surface area (Å²) in [5.74, 6) is 1.77. The molecule has 0 radical (unpaired) electrons. The van der Waals surface area contributed by atoms with Gasteiger partial charge in [0.05, 0.1) is 25.9 Å². The van der Waals surface area contributed by atoms with Crippen LogP contribution in [0.1, 0.15) is 25.7 Å². The van der Waals surface area contributed by atoms with Gasteiger partial charge in [0.15, 0.2) is 0 Å². The maximum atomic E-state index is 12.3. The van der Waals surface area contributed by atoms with E-state index in [1.807, 2.05) is 17.0 Å². The Morgan fingerprint density at radius 1 is 1.41 bits per heavy atom. The highest BCUT2D eigenvalue weighted by molar-refractivity contribution is 5.80. The minimum Gasteiger partial charge on any atom is -0.492 e. The maximum absolute atomic E-state index is 12.3. The summed E-state index contributed by atoms with van der Waals surface area (Å²) in [6.45, 7) is 2.89. The van der Waals surface area contributed by atoms with Gasteiger partial charge in [-0.1, -0.05) is 6.42 Å². The van der Waals surface area contributed by atoms with Crippen molar-refractivity contribution in [2.45, 2.75) is 31.3 Å². The topological polar surface area (TPSA) is 51.7 Å². The van der Waals surface area contributed by atoms with Gasteiger partial charge < -0.3 is 14.4 Å². The molecule has 118 valence electrons. The Morgan fingerprint density at radius 2 is 2.27 bits per heavy atom. The zero-order valence-corrected chi connectivity index (χ0v) is 12.7. The number of carbonyl (C=O) groups excluding carboxylic acids is 1. The minimum atomic E-state index is -0.165. The molecule has 3 fully saturated rings. The standard InChI is InChI=1S/C17H22N2O3/c20-16(13-3-1-4-13)19-11-17(12-19)14(6-8-22-17)10-21-15-5-2-7-18-9-15/h2,5,7,9,13-14H,1,3-4,6,8,10-12H2/t14-/m1/s1. The van der Waals surface area contributed by atoms with E-state index in [1.165, 1.54) is 6.42 Å². The quantitative estimate of drug-likeness (QED) is 0.852. The molecule has 1 amide bonds. The highest BCUT2D eigenvalue weighted by Crippen LogP contribution is 2.42. The lowest BCUT2D eigenvalue weighted by molar-refractivity contribution is -0.172. The molecular formula is C17H22N2O3. The third-order valence-corrected chi connectivity index (χ3v) is 5.37. The van der Waals surface area contributed by atoms with Gasteiger partial charge in [-0.25, -0.2) is 0 Å². The number of aromatic nitrogens is 1. The molecule has 2 aliphatic heterocycles. The summed E-state index contributed by atoms with van der Waals surface area (Å²) in [6.07, 6.45) is 7.81. The largest absolute Gasteiger partial charge is 0.492 e. The summed E-state index contributed by atoms with van der Waals surface area (Å²) in [5, 5.41) is 0. The van der Waals surface area contributed by atoms with Crippen LogP contribution in [-0.4, -0.2) is 47.7 Å². The van der Waals surface area contributed by atoms with Crippen molar-refractivity contribution in [2.75, 3.05) is 26.3 Å². The van der Waals surface area contributed by atoms with E-state index in [2.05, 4.69) is 4.98 Å². The fraction of sp³-hybridized carbons (Fsp3) is 0.647. The van der Waals surface area contributed by atoms with Gasteiger partial charge in [-0.05, 0) is 31.4 Å². The van der Waals surface area contributed by atoms with Crippen molar-refractivity contribution >= 4 is 5.91 Å². The summed E-state index contributed by atoms with van der Waals surface area (Å²) in [4.78, 5) is 18.3. The molecule has 1 spiro atoms. The highest BCUT2D eigenvalue weighted by Gasteiger charge is 2.55. The Kier molecular flexibility index (Phi) is 3.53. The van der Waals surface area contributed by atoms with Crippen molar-refractivity contribution in [1.29, 1.82) is 0 Å². The average Bonchev–Trinajstić information content (AvgIpc) is 2.86. The molecule has 0 bridgehead atoms. The van der Waals surface area contributed by atoms with Gasteiger partial charge in [-0.3, -0.25) is 9.78 Å². The number of carbonyl (C=O) groups is 1. The van der Waals surface area contributed by atoms with Gasteiger partial charge in [0, 0.05) is 24.6 Å². The van der Waals surface area contributed by atoms with Gasteiger partial charge in [-0.15, -0.1) is 0 Å². The van der Waals surface area contributed by atoms with Crippen LogP contribution in [0, 0.1) is 11.8 Å². The number of hydrogen-bond acceptors (Lipinski definition) is 4. The fourth-order valence-corrected chi connectivity index (χ4v) is 3.67. The van der Waals surface area contributed by atoms with E-state index in [4.69, 9.17) is 9.47 Å². The predicted octanol–water partition coefficient (Wildman–Crippen LogP) is 1.88. The van der Waals surface area contributed by atoms with Gasteiger partial charge in [0.2, 0.25) is 5.91 Å². The van der Waals surface area contributed by atoms with Gasteiger partial charge in [0.1, 0.15) is 11.4 Å². The molecule has 1 saturated carbocycles. The first-order chi connectivity index (χ1) is 10.8. The number of hydrogen-bond donors (Lipinski definition) is 0. The summed E-state index contributed by atoms with van der Waals surface area (Å²) in [7, 11) is 0. The molecule has 1 atom stereocenters. The van der Waals surface area contributed by atoms with Crippen LogP contribution < -0.4 is 4.74 Å². The van der Waals surface area contributed by atoms with E-state index in [9.17, 15) is 4.79 Å². The number of pyridine rings is 1. The average molecular weight is 302 g/mol. The third kappa shape index (κ3) is 2.37. The Morgan fingerprint density at radius 3 is 2.95 bits per heavy atom. The van der Waals surface area contributed by atoms with Crippen molar-refractivity contribution in [2.24, 2.45) is 11.8 Å². The molecule has 5 heteroatoms. The van der Waals surface area contributed by atoms with Gasteiger partial charge in [0.25, 0.3) is 0 Å². The molecule has 1 aliphatic carbocycles. The first-order valence-corrected chi connectivity index (χ1v) is 8.22. The number of ether oxygens (including phenoxy) is 2. The molecule has 0 N–H and O–H groups in total. The number of amides is 1. The molecule has 4 rings (SSSR count). The van der Waals surface area contributed by atoms with Crippen molar-refractivity contribution in [3.05, 3.63) is 24.5 Å². The highest BCUT2D eigenvalue weighted by atomic mass is 16.5. The van der Waals surface area contributed by atoms with E-state index in [1.54, 1.807) is 12.4 Å². The maximum Gasteiger partial charge on any atom is 0.225 e. The SMILES string of the molecule is O=C(C1CCC1)N1CC2(C1)OCC[C@@H]2COc1cccnc1. The molecule has 2 saturated heterocycles. The molecule has 3 heterocycles. The lowest BCUT2D eigenvalue weighted by Crippen LogP contribution is -2.67. The monoisotopic (exact) mass is 302 g/mol. The van der Waals surface area contributed by atoms with Crippen LogP contribution in [0.25, 0.3) is 0 Å². The van der Waals surface area contributed by atoms with Crippen LogP contribution >= 0.6 is 0 Å². The van der Waals surface area contributed by atoms with Crippen molar-refractivity contribution < 1.29 is 14.3 Å². The van der Waals surface area contributed by atoms with Gasteiger partial charge >= 0.3 is 0 Å². The van der Waals surface area contributed by atoms with E-state index in [-0.39, 0.29) is 11.5 Å². The smallest absolute Gasteiger partial charge is 0.225 e. The molecule has 0 unspecified atom stereocenters. The molecule has 1 aromatic heterocycles. The van der Waals surface area contributed by atoms with Crippen molar-refractivity contribution in [3.8, 4) is 5.75 Å². The van der Waals surface area contributed by atoms with Crippen molar-refractivity contribution in [3.63, 3.8) is 0 Å². The normalized spacial score (nSPS) is 26.5. The Labute approximate surface area is 130 Å². The van der Waals surface area contributed by atoms with Crippen LogP contribution in [0.2, 0.25) is 0 Å². The second-order valence-corrected chi connectivity index (χ2v) is 6.72. The van der Waals surface area contributed by atoms with Crippen LogP contribution in [0.5, 0.6) is 5.75 Å². The molecule has 0 aromatic carbocycles. The van der Waals surface area contributed by atoms with E-state index < -0.39 is 0 Å². The summed E-state index contributed by atoms with van der Waals surface area (Å²) >= 11 is 0. The number of likely N-dealkylation sites (tertiary alicyclic amines) is 1. The van der Waals surface area contributed by atoms with Crippen LogP contribution in [-0.2, 0) is 9.53 Å². The van der Waals surface area contributed by atoms with Crippen LogP contribution in [0.4, 0.5) is 0 Å². The lowest BCUT2D eigenvalue weighted by Gasteiger charge is -2.51. The Bertz CT molecular complexity index is 538. The Hall–Kier alpha value is -1.62. The first-order valence-electron chi connectivity index (χ1n) is 8.22. The minimum absolute atomic E-state index is 0.165. The molecule has 5 nitrogen and oxygen atoms in total. The third-order valence-electron chi connectivity index (χ3n) is 5.37. The van der Waals surface area contributed by atoms with E-state index in [0.717, 1.165) is 44.7 Å². The van der Waals surface area contributed by atoms with Crippen LogP contribution in [0.15, 0.2) is 24.5 Å². The van der Waals surface area contributed by atoms with E-state index in [0.29, 0.717) is 18.4 Å². The van der Waals surface area contributed by atoms with Crippen LogP contribution in [0.3, 0.4) is 0 Å². The molecule has 22 heavy (non-hydrogen) atoms. The summed E-state index contributed by atoms with van der Waals surface area (Å²) in [6, 6.07) is 3.79. The van der Waals surface area contributed by atoms with Gasteiger partial charge in [-0.2, -0.15) is 0 Å². The summed E-state index contributed by atoms with van der Waals surface area (Å²) in [5.41, 5.74) is -0.165. The van der Waals surface area contributed by atoms with Crippen molar-refractivity contribution in [1.82, 2.24) is 9.88 Å². The predicted molar refractivity (Wildman–Crippen MR) is 80.4 cm³/mol. The zero-order valence-electron chi connectivity index (χ0n) is 12.7. The second kappa shape index (κ2) is 5.54. The first kappa shape index (κ1) is 14.0. The second-order valence-electron chi connectivity index (χ2n) is 6.72. The summed E-state index contributed by atoms with van der Waals surface area (Å²) < 4.78 is 11.9. The molecule has 3 aliphatic rings. The fourth-order valence-electron chi connectivity index (χ4n) is 3.67. The van der Waals surface area contributed by atoms with E-state index >= 15 is 0 Å². The zero-order chi connectivity index (χ0) is 15.0. The molecular weight excluding hydrogens is 280 g/mol. The number of nitrogens with zero attached hydrogens (tertiary/aromatic N) is 2.